The third kappa shape index (κ3) is 3.23. The molecule has 122 valence electrons. The second-order valence-electron chi connectivity index (χ2n) is 6.06. The molecule has 0 saturated heterocycles. The Morgan fingerprint density at radius 1 is 1.12 bits per heavy atom. The summed E-state index contributed by atoms with van der Waals surface area (Å²) in [6.45, 7) is 5.83. The van der Waals surface area contributed by atoms with Crippen molar-refractivity contribution in [3.8, 4) is 17.0 Å². The van der Waals surface area contributed by atoms with E-state index < -0.39 is 5.97 Å². The molecule has 0 aliphatic heterocycles. The van der Waals surface area contributed by atoms with Crippen molar-refractivity contribution < 1.29 is 14.6 Å². The van der Waals surface area contributed by atoms with Gasteiger partial charge in [-0.25, -0.2) is 4.98 Å². The second-order valence-corrected chi connectivity index (χ2v) is 6.06. The minimum Gasteiger partial charge on any atom is -0.545 e. The molecule has 0 saturated carbocycles. The van der Waals surface area contributed by atoms with E-state index in [9.17, 15) is 9.90 Å². The molecule has 4 nitrogen and oxygen atoms in total. The van der Waals surface area contributed by atoms with E-state index in [2.05, 4.69) is 4.98 Å². The Hall–Kier alpha value is -2.88. The number of benzene rings is 2. The Bertz CT molecular complexity index is 916. The molecule has 0 bridgehead atoms. The predicted octanol–water partition coefficient (Wildman–Crippen LogP) is 3.36. The van der Waals surface area contributed by atoms with Crippen LogP contribution in [0, 0.1) is 6.92 Å². The summed E-state index contributed by atoms with van der Waals surface area (Å²) in [6.07, 6.45) is 0.0616. The van der Waals surface area contributed by atoms with Gasteiger partial charge in [-0.1, -0.05) is 23.8 Å². The number of carbonyl (C=O) groups is 1. The third-order valence-corrected chi connectivity index (χ3v) is 3.69. The minimum atomic E-state index is -1.20. The number of carbonyl (C=O) groups excluding carboxylic acids is 1. The largest absolute Gasteiger partial charge is 0.545 e. The number of carboxylic acid groups (broad SMARTS) is 1. The van der Waals surface area contributed by atoms with Crippen LogP contribution in [0.2, 0.25) is 0 Å². The number of rotatable bonds is 4. The number of aromatic carboxylic acids is 1. The van der Waals surface area contributed by atoms with Crippen LogP contribution < -0.4 is 9.84 Å². The number of hydrogen-bond donors (Lipinski definition) is 0. The van der Waals surface area contributed by atoms with Gasteiger partial charge < -0.3 is 14.6 Å². The Morgan fingerprint density at radius 3 is 2.62 bits per heavy atom. The molecule has 3 rings (SSSR count). The van der Waals surface area contributed by atoms with Gasteiger partial charge in [0, 0.05) is 16.5 Å². The molecule has 0 fully saturated rings. The van der Waals surface area contributed by atoms with Gasteiger partial charge in [-0.05, 0) is 51.1 Å². The normalized spacial score (nSPS) is 11.0. The molecule has 24 heavy (non-hydrogen) atoms. The van der Waals surface area contributed by atoms with Gasteiger partial charge in [0.2, 0.25) is 0 Å². The average Bonchev–Trinajstić information content (AvgIpc) is 2.53. The highest BCUT2D eigenvalue weighted by atomic mass is 16.5. The molecule has 0 spiro atoms. The van der Waals surface area contributed by atoms with Crippen molar-refractivity contribution >= 4 is 16.9 Å². The van der Waals surface area contributed by atoms with E-state index in [0.29, 0.717) is 16.6 Å². The Morgan fingerprint density at radius 2 is 1.92 bits per heavy atom. The zero-order chi connectivity index (χ0) is 17.3. The van der Waals surface area contributed by atoms with Crippen LogP contribution in [-0.4, -0.2) is 17.1 Å². The second kappa shape index (κ2) is 6.32. The standard InChI is InChI=1S/C20H19NO3/c1-12(2)24-15-6-4-5-14(10-15)19-11-17(20(22)23)16-9-13(3)7-8-18(16)21-19/h4-12H,1-3H3,(H,22,23)/p-1. The van der Waals surface area contributed by atoms with Gasteiger partial charge in [-0.2, -0.15) is 0 Å². The van der Waals surface area contributed by atoms with Crippen LogP contribution >= 0.6 is 0 Å². The Balaban J connectivity index is 2.17. The summed E-state index contributed by atoms with van der Waals surface area (Å²) in [7, 11) is 0. The smallest absolute Gasteiger partial charge is 0.120 e. The van der Waals surface area contributed by atoms with E-state index in [1.54, 1.807) is 6.07 Å². The zero-order valence-electron chi connectivity index (χ0n) is 13.9. The molecule has 3 aromatic rings. The molecule has 0 atom stereocenters. The summed E-state index contributed by atoms with van der Waals surface area (Å²) >= 11 is 0. The zero-order valence-corrected chi connectivity index (χ0v) is 13.9. The molecule has 2 aromatic carbocycles. The van der Waals surface area contributed by atoms with Crippen molar-refractivity contribution in [2.75, 3.05) is 0 Å². The number of pyridine rings is 1. The molecule has 4 heteroatoms. The van der Waals surface area contributed by atoms with Crippen LogP contribution in [-0.2, 0) is 0 Å². The van der Waals surface area contributed by atoms with Crippen molar-refractivity contribution in [2.24, 2.45) is 0 Å². The number of aryl methyl sites for hydroxylation is 1. The Labute approximate surface area is 140 Å². The van der Waals surface area contributed by atoms with Gasteiger partial charge in [-0.15, -0.1) is 0 Å². The number of ether oxygens (including phenoxy) is 1. The van der Waals surface area contributed by atoms with Crippen LogP contribution in [0.3, 0.4) is 0 Å². The van der Waals surface area contributed by atoms with E-state index in [-0.39, 0.29) is 11.7 Å². The van der Waals surface area contributed by atoms with Gasteiger partial charge >= 0.3 is 0 Å². The molecule has 0 N–H and O–H groups in total. The quantitative estimate of drug-likeness (QED) is 0.739. The fourth-order valence-electron chi connectivity index (χ4n) is 2.66. The van der Waals surface area contributed by atoms with Crippen LogP contribution in [0.4, 0.5) is 0 Å². The van der Waals surface area contributed by atoms with Crippen molar-refractivity contribution in [3.63, 3.8) is 0 Å². The van der Waals surface area contributed by atoms with Crippen LogP contribution in [0.15, 0.2) is 48.5 Å². The van der Waals surface area contributed by atoms with Gasteiger partial charge in [0.1, 0.15) is 5.75 Å². The summed E-state index contributed by atoms with van der Waals surface area (Å²) in [5.74, 6) is -0.480. The lowest BCUT2D eigenvalue weighted by Gasteiger charge is -2.13. The van der Waals surface area contributed by atoms with Crippen molar-refractivity contribution in [3.05, 3.63) is 59.7 Å². The number of fused-ring (bicyclic) bond motifs is 1. The lowest BCUT2D eigenvalue weighted by molar-refractivity contribution is -0.254. The lowest BCUT2D eigenvalue weighted by atomic mass is 10.0. The van der Waals surface area contributed by atoms with Crippen LogP contribution in [0.5, 0.6) is 5.75 Å². The van der Waals surface area contributed by atoms with Gasteiger partial charge in [0.05, 0.1) is 23.3 Å². The monoisotopic (exact) mass is 320 g/mol. The van der Waals surface area contributed by atoms with Crippen LogP contribution in [0.1, 0.15) is 29.8 Å². The minimum absolute atomic E-state index is 0.0616. The highest BCUT2D eigenvalue weighted by molar-refractivity contribution is 6.03. The van der Waals surface area contributed by atoms with E-state index in [4.69, 9.17) is 4.74 Å². The molecule has 0 radical (unpaired) electrons. The third-order valence-electron chi connectivity index (χ3n) is 3.69. The SMILES string of the molecule is Cc1ccc2nc(-c3cccc(OC(C)C)c3)cc(C(=O)[O-])c2c1. The molecule has 0 amide bonds. The molecule has 0 aliphatic rings. The first kappa shape index (κ1) is 16.0. The first-order chi connectivity index (χ1) is 11.4. The topological polar surface area (TPSA) is 62.2 Å². The molecule has 1 aromatic heterocycles. The molecule has 0 unspecified atom stereocenters. The fraction of sp³-hybridized carbons (Fsp3) is 0.200. The van der Waals surface area contributed by atoms with Gasteiger partial charge in [0.15, 0.2) is 0 Å². The lowest BCUT2D eigenvalue weighted by Crippen LogP contribution is -2.22. The van der Waals surface area contributed by atoms with Gasteiger partial charge in [0.25, 0.3) is 0 Å². The predicted molar refractivity (Wildman–Crippen MR) is 92.0 cm³/mol. The summed E-state index contributed by atoms with van der Waals surface area (Å²) in [4.78, 5) is 16.2. The number of nitrogens with zero attached hydrogens (tertiary/aromatic N) is 1. The summed E-state index contributed by atoms with van der Waals surface area (Å²) < 4.78 is 5.70. The fourth-order valence-corrected chi connectivity index (χ4v) is 2.66. The van der Waals surface area contributed by atoms with E-state index >= 15 is 0 Å². The summed E-state index contributed by atoms with van der Waals surface area (Å²) in [6, 6.07) is 14.6. The van der Waals surface area contributed by atoms with Crippen molar-refractivity contribution in [1.29, 1.82) is 0 Å². The number of hydrogen-bond acceptors (Lipinski definition) is 4. The first-order valence-corrected chi connectivity index (χ1v) is 7.84. The van der Waals surface area contributed by atoms with Gasteiger partial charge in [-0.3, -0.25) is 0 Å². The van der Waals surface area contributed by atoms with Crippen molar-refractivity contribution in [2.45, 2.75) is 26.9 Å². The van der Waals surface area contributed by atoms with Crippen molar-refractivity contribution in [1.82, 2.24) is 4.98 Å². The van der Waals surface area contributed by atoms with E-state index in [0.717, 1.165) is 16.9 Å². The number of aromatic nitrogens is 1. The first-order valence-electron chi connectivity index (χ1n) is 7.84. The summed E-state index contributed by atoms with van der Waals surface area (Å²) in [5.41, 5.74) is 3.14. The highest BCUT2D eigenvalue weighted by Crippen LogP contribution is 2.28. The molecular weight excluding hydrogens is 302 g/mol. The maximum Gasteiger partial charge on any atom is 0.120 e. The average molecular weight is 320 g/mol. The van der Waals surface area contributed by atoms with E-state index in [1.807, 2.05) is 63.2 Å². The summed E-state index contributed by atoms with van der Waals surface area (Å²) in [5, 5.41) is 12.1. The Kier molecular flexibility index (Phi) is 4.21. The highest BCUT2D eigenvalue weighted by Gasteiger charge is 2.10. The van der Waals surface area contributed by atoms with E-state index in [1.165, 1.54) is 0 Å². The number of carboxylic acids is 1. The maximum atomic E-state index is 11.6. The maximum absolute atomic E-state index is 11.6. The van der Waals surface area contributed by atoms with Crippen LogP contribution in [0.25, 0.3) is 22.2 Å². The molecular formula is C20H18NO3-. The molecule has 0 aliphatic carbocycles. The molecule has 1 heterocycles.